The van der Waals surface area contributed by atoms with Crippen LogP contribution in [0.2, 0.25) is 0 Å². The van der Waals surface area contributed by atoms with Gasteiger partial charge >= 0.3 is 0 Å². The molecule has 0 fully saturated rings. The number of benzene rings is 1. The third-order valence-corrected chi connectivity index (χ3v) is 3.27. The minimum absolute atomic E-state index is 0.121. The summed E-state index contributed by atoms with van der Waals surface area (Å²) in [5, 5.41) is 16.0. The number of aromatic hydroxyl groups is 1. The molecule has 0 radical (unpaired) electrons. The van der Waals surface area contributed by atoms with Gasteiger partial charge in [-0.3, -0.25) is 4.79 Å². The van der Waals surface area contributed by atoms with Crippen molar-refractivity contribution in [2.75, 3.05) is 0 Å². The molecule has 5 nitrogen and oxygen atoms in total. The summed E-state index contributed by atoms with van der Waals surface area (Å²) in [4.78, 5) is 15.8. The van der Waals surface area contributed by atoms with Crippen LogP contribution < -0.4 is 5.43 Å². The number of hydrogen-bond acceptors (Lipinski definition) is 5. The highest BCUT2D eigenvalue weighted by Gasteiger charge is 2.05. The summed E-state index contributed by atoms with van der Waals surface area (Å²) >= 11 is 1.45. The number of carbonyl (C=O) groups is 1. The average Bonchev–Trinajstić information content (AvgIpc) is 2.77. The Balaban J connectivity index is 1.88. The van der Waals surface area contributed by atoms with E-state index in [1.54, 1.807) is 24.3 Å². The molecule has 2 aromatic rings. The van der Waals surface area contributed by atoms with Crippen molar-refractivity contribution in [2.24, 2.45) is 5.10 Å². The topological polar surface area (TPSA) is 74.6 Å². The fourth-order valence-electron chi connectivity index (χ4n) is 1.43. The maximum Gasteiger partial charge on any atom is 0.246 e. The van der Waals surface area contributed by atoms with Crippen molar-refractivity contribution in [1.29, 1.82) is 0 Å². The van der Waals surface area contributed by atoms with Gasteiger partial charge in [-0.25, -0.2) is 10.4 Å². The smallest absolute Gasteiger partial charge is 0.246 e. The monoisotopic (exact) mass is 275 g/mol. The highest BCUT2D eigenvalue weighted by molar-refractivity contribution is 7.09. The second kappa shape index (κ2) is 6.10. The van der Waals surface area contributed by atoms with Crippen molar-refractivity contribution in [3.05, 3.63) is 45.9 Å². The quantitative estimate of drug-likeness (QED) is 0.660. The molecule has 0 aliphatic heterocycles. The molecule has 0 saturated heterocycles. The molecule has 0 atom stereocenters. The second-order valence-corrected chi connectivity index (χ2v) is 4.85. The van der Waals surface area contributed by atoms with E-state index in [9.17, 15) is 9.90 Å². The first-order valence-corrected chi connectivity index (χ1v) is 6.54. The first-order chi connectivity index (χ1) is 9.15. The zero-order valence-electron chi connectivity index (χ0n) is 10.3. The van der Waals surface area contributed by atoms with Crippen molar-refractivity contribution in [1.82, 2.24) is 10.4 Å². The van der Waals surface area contributed by atoms with Crippen LogP contribution in [0.4, 0.5) is 0 Å². The van der Waals surface area contributed by atoms with Crippen LogP contribution in [0.25, 0.3) is 0 Å². The Morgan fingerprint density at radius 1 is 1.53 bits per heavy atom. The van der Waals surface area contributed by atoms with E-state index in [2.05, 4.69) is 15.5 Å². The van der Waals surface area contributed by atoms with Gasteiger partial charge in [-0.15, -0.1) is 11.3 Å². The van der Waals surface area contributed by atoms with Crippen molar-refractivity contribution in [3.63, 3.8) is 0 Å². The van der Waals surface area contributed by atoms with Crippen molar-refractivity contribution in [2.45, 2.75) is 13.3 Å². The second-order valence-electron chi connectivity index (χ2n) is 3.91. The maximum absolute atomic E-state index is 11.6. The van der Waals surface area contributed by atoms with E-state index in [0.29, 0.717) is 5.56 Å². The Morgan fingerprint density at radius 3 is 3.00 bits per heavy atom. The van der Waals surface area contributed by atoms with Crippen LogP contribution in [0.1, 0.15) is 16.3 Å². The third-order valence-electron chi connectivity index (χ3n) is 2.31. The Hall–Kier alpha value is -2.21. The zero-order valence-corrected chi connectivity index (χ0v) is 11.1. The van der Waals surface area contributed by atoms with Gasteiger partial charge in [0.2, 0.25) is 5.91 Å². The summed E-state index contributed by atoms with van der Waals surface area (Å²) in [6.07, 6.45) is 1.61. The van der Waals surface area contributed by atoms with Crippen LogP contribution in [0, 0.1) is 6.92 Å². The Bertz CT molecular complexity index is 607. The van der Waals surface area contributed by atoms with E-state index in [4.69, 9.17) is 0 Å². The molecule has 0 spiro atoms. The predicted octanol–water partition coefficient (Wildman–Crippen LogP) is 1.85. The van der Waals surface area contributed by atoms with E-state index in [-0.39, 0.29) is 18.1 Å². The Morgan fingerprint density at radius 2 is 2.32 bits per heavy atom. The van der Waals surface area contributed by atoms with Gasteiger partial charge < -0.3 is 5.11 Å². The lowest BCUT2D eigenvalue weighted by molar-refractivity contribution is -0.120. The van der Waals surface area contributed by atoms with Crippen LogP contribution in [0.15, 0.2) is 34.7 Å². The number of amides is 1. The number of thiazole rings is 1. The Labute approximate surface area is 114 Å². The molecule has 1 aromatic heterocycles. The number of para-hydroxylation sites is 1. The van der Waals surface area contributed by atoms with Gasteiger partial charge in [0, 0.05) is 16.6 Å². The number of phenolic OH excluding ortho intramolecular Hbond substituents is 1. The molecule has 1 amide bonds. The van der Waals surface area contributed by atoms with Crippen LogP contribution in [-0.2, 0) is 11.2 Å². The molecule has 98 valence electrons. The van der Waals surface area contributed by atoms with Gasteiger partial charge in [-0.05, 0) is 19.1 Å². The molecule has 0 aliphatic rings. The number of nitrogens with one attached hydrogen (secondary N) is 1. The molecule has 6 heteroatoms. The summed E-state index contributed by atoms with van der Waals surface area (Å²) in [7, 11) is 0. The highest BCUT2D eigenvalue weighted by Crippen LogP contribution is 2.12. The fourth-order valence-corrected chi connectivity index (χ4v) is 2.20. The fraction of sp³-hybridized carbons (Fsp3) is 0.154. The van der Waals surface area contributed by atoms with Crippen molar-refractivity contribution < 1.29 is 9.90 Å². The molecule has 1 heterocycles. The van der Waals surface area contributed by atoms with E-state index in [1.165, 1.54) is 17.6 Å². The standard InChI is InChI=1S/C13H13N3O2S/c1-9-8-19-13(15-9)6-12(18)16-14-7-10-4-2-3-5-11(10)17/h2-5,7-8,17H,6H2,1H3,(H,16,18)/b14-7+. The first kappa shape index (κ1) is 13.2. The molecule has 0 saturated carbocycles. The van der Waals surface area contributed by atoms with E-state index in [1.807, 2.05) is 12.3 Å². The van der Waals surface area contributed by atoms with Crippen LogP contribution in [-0.4, -0.2) is 22.2 Å². The maximum atomic E-state index is 11.6. The molecule has 0 aliphatic carbocycles. The molecule has 2 N–H and O–H groups in total. The number of phenols is 1. The third kappa shape index (κ3) is 3.89. The molecule has 19 heavy (non-hydrogen) atoms. The van der Waals surface area contributed by atoms with Crippen LogP contribution in [0.5, 0.6) is 5.75 Å². The van der Waals surface area contributed by atoms with Gasteiger partial charge in [0.25, 0.3) is 0 Å². The molecular weight excluding hydrogens is 262 g/mol. The molecular formula is C13H13N3O2S. The molecule has 0 unspecified atom stereocenters. The average molecular weight is 275 g/mol. The minimum atomic E-state index is -0.235. The summed E-state index contributed by atoms with van der Waals surface area (Å²) in [5.74, 6) is -0.114. The molecule has 2 rings (SSSR count). The highest BCUT2D eigenvalue weighted by atomic mass is 32.1. The van der Waals surface area contributed by atoms with E-state index in [0.717, 1.165) is 10.7 Å². The number of hydrogen-bond donors (Lipinski definition) is 2. The number of rotatable bonds is 4. The summed E-state index contributed by atoms with van der Waals surface area (Å²) < 4.78 is 0. The summed E-state index contributed by atoms with van der Waals surface area (Å²) in [6, 6.07) is 6.76. The molecule has 0 bridgehead atoms. The first-order valence-electron chi connectivity index (χ1n) is 5.66. The van der Waals surface area contributed by atoms with Gasteiger partial charge in [0.15, 0.2) is 0 Å². The lowest BCUT2D eigenvalue weighted by Gasteiger charge is -1.98. The SMILES string of the molecule is Cc1csc(CC(=O)N/N=C/c2ccccc2O)n1. The van der Waals surface area contributed by atoms with Crippen LogP contribution in [0.3, 0.4) is 0 Å². The van der Waals surface area contributed by atoms with Crippen LogP contribution >= 0.6 is 11.3 Å². The van der Waals surface area contributed by atoms with Crippen molar-refractivity contribution >= 4 is 23.5 Å². The number of hydrazone groups is 1. The number of nitrogens with zero attached hydrogens (tertiary/aromatic N) is 2. The van der Waals surface area contributed by atoms with E-state index < -0.39 is 0 Å². The lowest BCUT2D eigenvalue weighted by Crippen LogP contribution is -2.19. The summed E-state index contributed by atoms with van der Waals surface area (Å²) in [6.45, 7) is 1.88. The number of carbonyl (C=O) groups excluding carboxylic acids is 1. The Kier molecular flexibility index (Phi) is 4.25. The minimum Gasteiger partial charge on any atom is -0.507 e. The van der Waals surface area contributed by atoms with Gasteiger partial charge in [0.05, 0.1) is 12.6 Å². The summed E-state index contributed by atoms with van der Waals surface area (Å²) in [5.41, 5.74) is 3.86. The van der Waals surface area contributed by atoms with Gasteiger partial charge in [0.1, 0.15) is 10.8 Å². The predicted molar refractivity (Wildman–Crippen MR) is 74.4 cm³/mol. The van der Waals surface area contributed by atoms with E-state index >= 15 is 0 Å². The molecule has 1 aromatic carbocycles. The van der Waals surface area contributed by atoms with Gasteiger partial charge in [-0.1, -0.05) is 12.1 Å². The zero-order chi connectivity index (χ0) is 13.7. The number of aromatic nitrogens is 1. The van der Waals surface area contributed by atoms with Gasteiger partial charge in [-0.2, -0.15) is 5.10 Å². The lowest BCUT2D eigenvalue weighted by atomic mass is 10.2. The number of aryl methyl sites for hydroxylation is 1. The van der Waals surface area contributed by atoms with Crippen molar-refractivity contribution in [3.8, 4) is 5.75 Å². The normalized spacial score (nSPS) is 10.8. The largest absolute Gasteiger partial charge is 0.507 e.